The smallest absolute Gasteiger partial charge is 0.0340 e. The first kappa shape index (κ1) is 19.2. The van der Waals surface area contributed by atoms with Crippen LogP contribution in [0.15, 0.2) is 65.3 Å². The topological polar surface area (TPSA) is 0 Å². The van der Waals surface area contributed by atoms with Gasteiger partial charge in [0.05, 0.1) is 0 Å². The summed E-state index contributed by atoms with van der Waals surface area (Å²) in [6, 6.07) is 7.02. The third kappa shape index (κ3) is 2.81. The van der Waals surface area contributed by atoms with Gasteiger partial charge in [-0.1, -0.05) is 97.0 Å². The predicted molar refractivity (Wildman–Crippen MR) is 122 cm³/mol. The highest BCUT2D eigenvalue weighted by Crippen LogP contribution is 2.54. The Labute approximate surface area is 170 Å². The van der Waals surface area contributed by atoms with Crippen LogP contribution >= 0.6 is 0 Å². The zero-order valence-corrected chi connectivity index (χ0v) is 18.6. The molecule has 0 saturated heterocycles. The molecule has 0 heteroatoms. The van der Waals surface area contributed by atoms with E-state index in [1.54, 1.807) is 5.57 Å². The fraction of sp³-hybridized carbons (Fsp3) is 0.429. The number of rotatable bonds is 2. The van der Waals surface area contributed by atoms with E-state index in [1.807, 2.05) is 0 Å². The molecule has 0 amide bonds. The molecule has 1 unspecified atom stereocenters. The van der Waals surface area contributed by atoms with Gasteiger partial charge in [-0.25, -0.2) is 0 Å². The summed E-state index contributed by atoms with van der Waals surface area (Å²) in [6.07, 6.45) is 16.7. The molecular formula is C28H34. The van der Waals surface area contributed by atoms with E-state index in [0.717, 1.165) is 12.8 Å². The van der Waals surface area contributed by atoms with Crippen LogP contribution < -0.4 is 10.4 Å². The average molecular weight is 371 g/mol. The molecule has 3 aliphatic rings. The second-order valence-electron chi connectivity index (χ2n) is 10.6. The third-order valence-corrected chi connectivity index (χ3v) is 6.88. The number of benzene rings is 1. The minimum atomic E-state index is -0.0217. The van der Waals surface area contributed by atoms with Gasteiger partial charge in [-0.05, 0) is 68.0 Å². The molecular weight excluding hydrogens is 336 g/mol. The lowest BCUT2D eigenvalue weighted by Gasteiger charge is -2.45. The van der Waals surface area contributed by atoms with Crippen molar-refractivity contribution in [2.24, 2.45) is 10.8 Å². The molecule has 0 saturated carbocycles. The summed E-state index contributed by atoms with van der Waals surface area (Å²) in [6.45, 7) is 16.3. The van der Waals surface area contributed by atoms with Gasteiger partial charge < -0.3 is 0 Å². The standard InChI is InChI=1S/C28H34/c1-8-19-10-9-11-25(19)28(27(5,6)7)15-14-24-21(18-28)16-20-17-22(26(2,3)4)12-13-23(20)24/h9-10,12-18H,8,11H2,1-7H3. The van der Waals surface area contributed by atoms with E-state index >= 15 is 0 Å². The molecule has 1 atom stereocenters. The normalized spacial score (nSPS) is 23.7. The number of hydrogen-bond acceptors (Lipinski definition) is 0. The Morgan fingerprint density at radius 3 is 2.39 bits per heavy atom. The second-order valence-corrected chi connectivity index (χ2v) is 10.6. The van der Waals surface area contributed by atoms with Gasteiger partial charge in [0.25, 0.3) is 0 Å². The van der Waals surface area contributed by atoms with Crippen LogP contribution in [0.1, 0.15) is 66.9 Å². The van der Waals surface area contributed by atoms with E-state index < -0.39 is 0 Å². The van der Waals surface area contributed by atoms with Crippen molar-refractivity contribution in [1.82, 2.24) is 0 Å². The zero-order valence-electron chi connectivity index (χ0n) is 18.6. The molecule has 0 radical (unpaired) electrons. The quantitative estimate of drug-likeness (QED) is 0.588. The summed E-state index contributed by atoms with van der Waals surface area (Å²) < 4.78 is 0. The van der Waals surface area contributed by atoms with Crippen molar-refractivity contribution in [3.05, 3.63) is 81.3 Å². The highest BCUT2D eigenvalue weighted by Gasteiger charge is 2.44. The van der Waals surface area contributed by atoms with Crippen molar-refractivity contribution in [3.8, 4) is 0 Å². The van der Waals surface area contributed by atoms with E-state index in [1.165, 1.54) is 32.7 Å². The molecule has 0 aromatic heterocycles. The summed E-state index contributed by atoms with van der Waals surface area (Å²) in [5.74, 6) is 0. The van der Waals surface area contributed by atoms with Gasteiger partial charge in [-0.2, -0.15) is 0 Å². The molecule has 28 heavy (non-hydrogen) atoms. The van der Waals surface area contributed by atoms with E-state index in [9.17, 15) is 0 Å². The fourth-order valence-corrected chi connectivity index (χ4v) is 5.03. The molecule has 0 fully saturated rings. The molecule has 0 bridgehead atoms. The first-order chi connectivity index (χ1) is 13.1. The first-order valence-corrected chi connectivity index (χ1v) is 10.7. The predicted octanol–water partition coefficient (Wildman–Crippen LogP) is 6.12. The number of hydrogen-bond donors (Lipinski definition) is 0. The van der Waals surface area contributed by atoms with Gasteiger partial charge >= 0.3 is 0 Å². The molecule has 0 spiro atoms. The minimum Gasteiger partial charge on any atom is -0.0801 e. The van der Waals surface area contributed by atoms with Crippen molar-refractivity contribution in [3.63, 3.8) is 0 Å². The van der Waals surface area contributed by atoms with Crippen molar-refractivity contribution in [2.75, 3.05) is 0 Å². The van der Waals surface area contributed by atoms with E-state index in [-0.39, 0.29) is 16.2 Å². The summed E-state index contributed by atoms with van der Waals surface area (Å²) in [7, 11) is 0. The van der Waals surface area contributed by atoms with Crippen LogP contribution in [0.25, 0.3) is 11.6 Å². The SMILES string of the molecule is CCC1=C(C2(C(C)(C)C)C=CC3=c4ccc(C(C)(C)C)cc4=CC3=C2)CC=C1. The molecule has 0 aliphatic heterocycles. The van der Waals surface area contributed by atoms with E-state index in [4.69, 9.17) is 0 Å². The Morgan fingerprint density at radius 2 is 1.75 bits per heavy atom. The Kier molecular flexibility index (Phi) is 4.27. The Bertz CT molecular complexity index is 1070. The number of allylic oxidation sites excluding steroid dienone is 8. The van der Waals surface area contributed by atoms with Crippen LogP contribution in [0.5, 0.6) is 0 Å². The van der Waals surface area contributed by atoms with Crippen molar-refractivity contribution in [1.29, 1.82) is 0 Å². The highest BCUT2D eigenvalue weighted by atomic mass is 14.5. The van der Waals surface area contributed by atoms with Gasteiger partial charge in [-0.3, -0.25) is 0 Å². The van der Waals surface area contributed by atoms with Crippen LogP contribution in [0, 0.1) is 10.8 Å². The van der Waals surface area contributed by atoms with Crippen molar-refractivity contribution < 1.29 is 0 Å². The third-order valence-electron chi connectivity index (χ3n) is 6.88. The maximum Gasteiger partial charge on any atom is 0.0340 e. The maximum absolute atomic E-state index is 2.57. The van der Waals surface area contributed by atoms with Crippen molar-refractivity contribution in [2.45, 2.75) is 66.7 Å². The van der Waals surface area contributed by atoms with Crippen LogP contribution in [-0.2, 0) is 5.41 Å². The van der Waals surface area contributed by atoms with Gasteiger partial charge in [0, 0.05) is 5.41 Å². The van der Waals surface area contributed by atoms with Crippen LogP contribution in [-0.4, -0.2) is 0 Å². The minimum absolute atomic E-state index is 0.0217. The number of fused-ring (bicyclic) bond motifs is 2. The lowest BCUT2D eigenvalue weighted by Crippen LogP contribution is -2.36. The van der Waals surface area contributed by atoms with E-state index in [2.05, 4.69) is 103 Å². The molecule has 4 rings (SSSR count). The van der Waals surface area contributed by atoms with Gasteiger partial charge in [0.2, 0.25) is 0 Å². The Balaban J connectivity index is 1.92. The molecule has 0 nitrogen and oxygen atoms in total. The molecule has 1 aromatic carbocycles. The summed E-state index contributed by atoms with van der Waals surface area (Å²) >= 11 is 0. The van der Waals surface area contributed by atoms with Crippen LogP contribution in [0.2, 0.25) is 0 Å². The van der Waals surface area contributed by atoms with Gasteiger partial charge in [0.15, 0.2) is 0 Å². The lowest BCUT2D eigenvalue weighted by atomic mass is 9.58. The highest BCUT2D eigenvalue weighted by molar-refractivity contribution is 5.89. The molecule has 0 N–H and O–H groups in total. The van der Waals surface area contributed by atoms with Crippen molar-refractivity contribution >= 4 is 11.6 Å². The lowest BCUT2D eigenvalue weighted by molar-refractivity contribution is 0.242. The van der Waals surface area contributed by atoms with Gasteiger partial charge in [0.1, 0.15) is 0 Å². The average Bonchev–Trinajstić information content (AvgIpc) is 3.22. The monoisotopic (exact) mass is 370 g/mol. The first-order valence-electron chi connectivity index (χ1n) is 10.7. The Hall–Kier alpha value is -2.08. The van der Waals surface area contributed by atoms with E-state index in [0.29, 0.717) is 0 Å². The maximum atomic E-state index is 2.57. The largest absolute Gasteiger partial charge is 0.0801 e. The molecule has 0 heterocycles. The summed E-state index contributed by atoms with van der Waals surface area (Å²) in [4.78, 5) is 0. The second kappa shape index (κ2) is 6.21. The molecule has 3 aliphatic carbocycles. The summed E-state index contributed by atoms with van der Waals surface area (Å²) in [5, 5.41) is 2.75. The molecule has 1 aromatic rings. The fourth-order valence-electron chi connectivity index (χ4n) is 5.03. The zero-order chi connectivity index (χ0) is 20.3. The summed E-state index contributed by atoms with van der Waals surface area (Å²) in [5.41, 5.74) is 7.58. The van der Waals surface area contributed by atoms with Gasteiger partial charge in [-0.15, -0.1) is 0 Å². The van der Waals surface area contributed by atoms with Crippen LogP contribution in [0.4, 0.5) is 0 Å². The Morgan fingerprint density at radius 1 is 1.00 bits per heavy atom. The molecule has 146 valence electrons. The van der Waals surface area contributed by atoms with Crippen LogP contribution in [0.3, 0.4) is 0 Å².